The van der Waals surface area contributed by atoms with E-state index in [4.69, 9.17) is 13.7 Å². The zero-order valence-electron chi connectivity index (χ0n) is 11.4. The van der Waals surface area contributed by atoms with Gasteiger partial charge in [-0.3, -0.25) is 0 Å². The number of hydrogen-bond donors (Lipinski definition) is 1. The molecule has 21 heavy (non-hydrogen) atoms. The summed E-state index contributed by atoms with van der Waals surface area (Å²) in [7, 11) is 0. The Morgan fingerprint density at radius 3 is 3.00 bits per heavy atom. The molecule has 0 bridgehead atoms. The monoisotopic (exact) mass is 283 g/mol. The van der Waals surface area contributed by atoms with Crippen LogP contribution in [0.5, 0.6) is 5.75 Å². The zero-order chi connectivity index (χ0) is 14.2. The fourth-order valence-electron chi connectivity index (χ4n) is 2.34. The first kappa shape index (κ1) is 12.0. The van der Waals surface area contributed by atoms with Crippen LogP contribution < -0.4 is 10.1 Å². The number of hydrogen-bond acceptors (Lipinski definition) is 6. The Morgan fingerprint density at radius 2 is 2.14 bits per heavy atom. The predicted molar refractivity (Wildman–Crippen MR) is 75.0 cm³/mol. The highest BCUT2D eigenvalue weighted by Gasteiger charge is 2.26. The predicted octanol–water partition coefficient (Wildman–Crippen LogP) is 3.18. The molecule has 106 valence electrons. The van der Waals surface area contributed by atoms with Crippen LogP contribution in [0.2, 0.25) is 0 Å². The van der Waals surface area contributed by atoms with Crippen LogP contribution in [0.15, 0.2) is 45.5 Å². The second kappa shape index (κ2) is 4.66. The van der Waals surface area contributed by atoms with Crippen molar-refractivity contribution in [2.24, 2.45) is 0 Å². The summed E-state index contributed by atoms with van der Waals surface area (Å²) in [6.45, 7) is 2.45. The zero-order valence-corrected chi connectivity index (χ0v) is 11.4. The van der Waals surface area contributed by atoms with Crippen LogP contribution in [-0.2, 0) is 0 Å². The molecule has 0 aliphatic carbocycles. The van der Waals surface area contributed by atoms with Crippen molar-refractivity contribution >= 4 is 5.69 Å². The lowest BCUT2D eigenvalue weighted by Crippen LogP contribution is -2.23. The summed E-state index contributed by atoms with van der Waals surface area (Å²) < 4.78 is 16.5. The average molecular weight is 283 g/mol. The molecule has 3 heterocycles. The molecule has 1 atom stereocenters. The summed E-state index contributed by atoms with van der Waals surface area (Å²) in [5.74, 6) is 2.51. The lowest BCUT2D eigenvalue weighted by molar-refractivity contribution is 0.163. The van der Waals surface area contributed by atoms with Crippen LogP contribution in [-0.4, -0.2) is 16.7 Å². The number of aromatic nitrogens is 2. The highest BCUT2D eigenvalue weighted by molar-refractivity contribution is 5.58. The molecule has 1 aromatic carbocycles. The third-order valence-corrected chi connectivity index (χ3v) is 3.45. The molecule has 6 heteroatoms. The summed E-state index contributed by atoms with van der Waals surface area (Å²) in [6, 6.07) is 9.59. The molecule has 0 saturated heterocycles. The van der Waals surface area contributed by atoms with Gasteiger partial charge in [-0.05, 0) is 25.1 Å². The van der Waals surface area contributed by atoms with E-state index in [0.29, 0.717) is 18.3 Å². The van der Waals surface area contributed by atoms with Gasteiger partial charge in [-0.15, -0.1) is 0 Å². The number of para-hydroxylation sites is 2. The van der Waals surface area contributed by atoms with Crippen LogP contribution in [0.3, 0.4) is 0 Å². The molecule has 1 aliphatic heterocycles. The van der Waals surface area contributed by atoms with Crippen molar-refractivity contribution in [3.8, 4) is 17.1 Å². The summed E-state index contributed by atoms with van der Waals surface area (Å²) in [4.78, 5) is 4.41. The molecule has 0 amide bonds. The van der Waals surface area contributed by atoms with Crippen LogP contribution >= 0.6 is 0 Å². The highest BCUT2D eigenvalue weighted by atomic mass is 16.5. The van der Waals surface area contributed by atoms with E-state index in [1.54, 1.807) is 6.26 Å². The minimum Gasteiger partial charge on any atom is -0.477 e. The molecule has 0 fully saturated rings. The largest absolute Gasteiger partial charge is 0.477 e. The molecule has 0 radical (unpaired) electrons. The van der Waals surface area contributed by atoms with Crippen LogP contribution in [0, 0.1) is 6.92 Å². The minimum atomic E-state index is -0.298. The minimum absolute atomic E-state index is 0.298. The van der Waals surface area contributed by atoms with Crippen molar-refractivity contribution in [2.45, 2.75) is 13.0 Å². The Labute approximate surface area is 120 Å². The Morgan fingerprint density at radius 1 is 1.24 bits per heavy atom. The quantitative estimate of drug-likeness (QED) is 0.778. The van der Waals surface area contributed by atoms with Crippen molar-refractivity contribution in [1.82, 2.24) is 10.1 Å². The molecule has 1 unspecified atom stereocenters. The van der Waals surface area contributed by atoms with Gasteiger partial charge in [0.15, 0.2) is 6.10 Å². The van der Waals surface area contributed by atoms with Gasteiger partial charge >= 0.3 is 0 Å². The van der Waals surface area contributed by atoms with Gasteiger partial charge in [0, 0.05) is 0 Å². The first-order valence-electron chi connectivity index (χ1n) is 6.69. The number of fused-ring (bicyclic) bond motifs is 1. The van der Waals surface area contributed by atoms with Gasteiger partial charge in [-0.2, -0.15) is 4.98 Å². The van der Waals surface area contributed by atoms with Gasteiger partial charge in [0.2, 0.25) is 5.82 Å². The first-order valence-corrected chi connectivity index (χ1v) is 6.69. The second-order valence-electron chi connectivity index (χ2n) is 4.83. The lowest BCUT2D eigenvalue weighted by atomic mass is 10.2. The fraction of sp³-hybridized carbons (Fsp3) is 0.200. The number of benzene rings is 1. The van der Waals surface area contributed by atoms with E-state index in [9.17, 15) is 0 Å². The molecule has 0 saturated carbocycles. The molecule has 3 aromatic rings. The standard InChI is InChI=1S/C15H13N3O3/c1-9-10(6-7-19-9)14-17-15(21-18-14)13-8-16-11-4-2-3-5-12(11)20-13/h2-7,13,16H,8H2,1H3. The smallest absolute Gasteiger partial charge is 0.269 e. The van der Waals surface area contributed by atoms with Crippen LogP contribution in [0.25, 0.3) is 11.4 Å². The maximum atomic E-state index is 5.90. The van der Waals surface area contributed by atoms with Crippen molar-refractivity contribution in [3.05, 3.63) is 48.2 Å². The molecule has 4 rings (SSSR count). The fourth-order valence-corrected chi connectivity index (χ4v) is 2.34. The van der Waals surface area contributed by atoms with Crippen LogP contribution in [0.4, 0.5) is 5.69 Å². The molecule has 2 aromatic heterocycles. The van der Waals surface area contributed by atoms with Gasteiger partial charge in [-0.25, -0.2) is 0 Å². The maximum absolute atomic E-state index is 5.90. The number of ether oxygens (including phenoxy) is 1. The Hall–Kier alpha value is -2.76. The number of anilines is 1. The summed E-state index contributed by atoms with van der Waals surface area (Å²) >= 11 is 0. The van der Waals surface area contributed by atoms with E-state index < -0.39 is 0 Å². The topological polar surface area (TPSA) is 73.3 Å². The first-order chi connectivity index (χ1) is 10.3. The Kier molecular flexibility index (Phi) is 2.67. The summed E-state index contributed by atoms with van der Waals surface area (Å²) in [5, 5.41) is 7.29. The second-order valence-corrected chi connectivity index (χ2v) is 4.83. The molecule has 1 N–H and O–H groups in total. The van der Waals surface area contributed by atoms with E-state index in [1.165, 1.54) is 0 Å². The van der Waals surface area contributed by atoms with E-state index in [1.807, 2.05) is 37.3 Å². The molecule has 6 nitrogen and oxygen atoms in total. The lowest BCUT2D eigenvalue weighted by Gasteiger charge is -2.24. The third kappa shape index (κ3) is 2.05. The number of aryl methyl sites for hydroxylation is 1. The average Bonchev–Trinajstić information content (AvgIpc) is 3.15. The van der Waals surface area contributed by atoms with Crippen molar-refractivity contribution in [2.75, 3.05) is 11.9 Å². The maximum Gasteiger partial charge on any atom is 0.269 e. The molecular formula is C15H13N3O3. The van der Waals surface area contributed by atoms with Gasteiger partial charge in [-0.1, -0.05) is 17.3 Å². The number of rotatable bonds is 2. The number of nitrogens with one attached hydrogen (secondary N) is 1. The van der Waals surface area contributed by atoms with Gasteiger partial charge in [0.05, 0.1) is 24.1 Å². The highest BCUT2D eigenvalue weighted by Crippen LogP contribution is 2.33. The van der Waals surface area contributed by atoms with E-state index >= 15 is 0 Å². The van der Waals surface area contributed by atoms with Crippen molar-refractivity contribution in [1.29, 1.82) is 0 Å². The Balaban J connectivity index is 1.61. The van der Waals surface area contributed by atoms with Gasteiger partial charge in [0.1, 0.15) is 11.5 Å². The molecule has 0 spiro atoms. The Bertz CT molecular complexity index is 778. The van der Waals surface area contributed by atoms with Gasteiger partial charge < -0.3 is 19.0 Å². The van der Waals surface area contributed by atoms with E-state index in [2.05, 4.69) is 15.5 Å². The number of furan rings is 1. The SMILES string of the molecule is Cc1occc1-c1noc(C2CNc3ccccc3O2)n1. The third-order valence-electron chi connectivity index (χ3n) is 3.45. The molecular weight excluding hydrogens is 270 g/mol. The van der Waals surface area contributed by atoms with Crippen LogP contribution in [0.1, 0.15) is 17.8 Å². The summed E-state index contributed by atoms with van der Waals surface area (Å²) in [5.41, 5.74) is 1.80. The number of nitrogens with zero attached hydrogens (tertiary/aromatic N) is 2. The van der Waals surface area contributed by atoms with E-state index in [0.717, 1.165) is 22.8 Å². The van der Waals surface area contributed by atoms with E-state index in [-0.39, 0.29) is 6.10 Å². The normalized spacial score (nSPS) is 16.9. The summed E-state index contributed by atoms with van der Waals surface area (Å²) in [6.07, 6.45) is 1.31. The van der Waals surface area contributed by atoms with Crippen molar-refractivity contribution < 1.29 is 13.7 Å². The molecule has 1 aliphatic rings. The van der Waals surface area contributed by atoms with Gasteiger partial charge in [0.25, 0.3) is 5.89 Å². The van der Waals surface area contributed by atoms with Crippen molar-refractivity contribution in [3.63, 3.8) is 0 Å².